The second-order valence-corrected chi connectivity index (χ2v) is 9.89. The average molecular weight is 385 g/mol. The van der Waals surface area contributed by atoms with Crippen molar-refractivity contribution in [2.24, 2.45) is 0 Å². The highest BCUT2D eigenvalue weighted by atomic mass is 32.2. The molecular weight excluding hydrogens is 352 g/mol. The molecule has 0 atom stereocenters. The van der Waals surface area contributed by atoms with E-state index in [9.17, 15) is 13.2 Å². The van der Waals surface area contributed by atoms with Crippen LogP contribution in [0.4, 0.5) is 0 Å². The summed E-state index contributed by atoms with van der Waals surface area (Å²) in [5.74, 6) is -0.116. The SMILES string of the molecule is Cc1nn(CC(=O)NC2CCCCCC2)c(C)c1S(=O)(=O)NC(C)(C)C. The van der Waals surface area contributed by atoms with Crippen molar-refractivity contribution in [1.29, 1.82) is 0 Å². The maximum atomic E-state index is 12.7. The van der Waals surface area contributed by atoms with Gasteiger partial charge in [-0.1, -0.05) is 25.7 Å². The Bertz CT molecular complexity index is 739. The van der Waals surface area contributed by atoms with Crippen LogP contribution in [0, 0.1) is 13.8 Å². The van der Waals surface area contributed by atoms with Gasteiger partial charge in [0.25, 0.3) is 0 Å². The van der Waals surface area contributed by atoms with Gasteiger partial charge in [-0.05, 0) is 47.5 Å². The number of hydrogen-bond donors (Lipinski definition) is 2. The Hall–Kier alpha value is -1.41. The van der Waals surface area contributed by atoms with Crippen LogP contribution < -0.4 is 10.0 Å². The lowest BCUT2D eigenvalue weighted by atomic mass is 10.1. The van der Waals surface area contributed by atoms with Gasteiger partial charge in [0, 0.05) is 11.6 Å². The molecule has 7 nitrogen and oxygen atoms in total. The first-order valence-corrected chi connectivity index (χ1v) is 10.9. The molecule has 0 saturated heterocycles. The number of amides is 1. The topological polar surface area (TPSA) is 93.1 Å². The minimum absolute atomic E-state index is 0.0359. The fourth-order valence-electron chi connectivity index (χ4n) is 3.51. The van der Waals surface area contributed by atoms with Gasteiger partial charge in [-0.2, -0.15) is 5.10 Å². The standard InChI is InChI=1S/C18H32N4O3S/c1-13-17(26(24,25)21-18(3,4)5)14(2)22(20-13)12-16(23)19-15-10-8-6-7-9-11-15/h15,21H,6-12H2,1-5H3,(H,19,23). The van der Waals surface area contributed by atoms with Crippen LogP contribution in [-0.2, 0) is 21.4 Å². The summed E-state index contributed by atoms with van der Waals surface area (Å²) in [4.78, 5) is 12.6. The molecule has 1 fully saturated rings. The molecule has 148 valence electrons. The number of aromatic nitrogens is 2. The van der Waals surface area contributed by atoms with Gasteiger partial charge in [0.15, 0.2) is 0 Å². The molecule has 1 amide bonds. The molecular formula is C18H32N4O3S. The van der Waals surface area contributed by atoms with Gasteiger partial charge < -0.3 is 5.32 Å². The third-order valence-electron chi connectivity index (χ3n) is 4.54. The van der Waals surface area contributed by atoms with Crippen molar-refractivity contribution >= 4 is 15.9 Å². The third-order valence-corrected chi connectivity index (χ3v) is 6.55. The first-order valence-electron chi connectivity index (χ1n) is 9.37. The molecule has 1 aliphatic carbocycles. The molecule has 0 aliphatic heterocycles. The van der Waals surface area contributed by atoms with Crippen molar-refractivity contribution in [3.05, 3.63) is 11.4 Å². The minimum atomic E-state index is -3.69. The number of carbonyl (C=O) groups is 1. The first kappa shape index (κ1) is 20.9. The smallest absolute Gasteiger partial charge is 0.244 e. The van der Waals surface area contributed by atoms with Crippen LogP contribution in [0.25, 0.3) is 0 Å². The summed E-state index contributed by atoms with van der Waals surface area (Å²) >= 11 is 0. The van der Waals surface area contributed by atoms with Gasteiger partial charge in [-0.25, -0.2) is 13.1 Å². The molecule has 0 bridgehead atoms. The second kappa shape index (κ2) is 8.08. The highest BCUT2D eigenvalue weighted by Crippen LogP contribution is 2.21. The number of nitrogens with one attached hydrogen (secondary N) is 2. The van der Waals surface area contributed by atoms with E-state index in [1.165, 1.54) is 17.5 Å². The Morgan fingerprint density at radius 2 is 1.73 bits per heavy atom. The van der Waals surface area contributed by atoms with E-state index >= 15 is 0 Å². The molecule has 0 radical (unpaired) electrons. The van der Waals surface area contributed by atoms with Crippen molar-refractivity contribution in [2.45, 2.75) is 96.2 Å². The summed E-state index contributed by atoms with van der Waals surface area (Å²) in [6, 6.07) is 0.215. The van der Waals surface area contributed by atoms with Gasteiger partial charge in [0.2, 0.25) is 15.9 Å². The van der Waals surface area contributed by atoms with Crippen LogP contribution in [0.15, 0.2) is 4.90 Å². The van der Waals surface area contributed by atoms with E-state index in [1.807, 2.05) is 0 Å². The van der Waals surface area contributed by atoms with Gasteiger partial charge in [0.1, 0.15) is 11.4 Å². The van der Waals surface area contributed by atoms with Crippen molar-refractivity contribution in [2.75, 3.05) is 0 Å². The molecule has 0 aromatic carbocycles. The second-order valence-electron chi connectivity index (χ2n) is 8.27. The van der Waals surface area contributed by atoms with Crippen molar-refractivity contribution < 1.29 is 13.2 Å². The Kier molecular flexibility index (Phi) is 6.50. The predicted molar refractivity (Wildman–Crippen MR) is 101 cm³/mol. The number of carbonyl (C=O) groups excluding carboxylic acids is 1. The summed E-state index contributed by atoms with van der Waals surface area (Å²) in [5, 5.41) is 7.37. The average Bonchev–Trinajstić information content (AvgIpc) is 2.63. The van der Waals surface area contributed by atoms with E-state index < -0.39 is 15.6 Å². The fraction of sp³-hybridized carbons (Fsp3) is 0.778. The summed E-state index contributed by atoms with van der Waals surface area (Å²) in [6.07, 6.45) is 6.77. The largest absolute Gasteiger partial charge is 0.352 e. The Morgan fingerprint density at radius 1 is 1.15 bits per heavy atom. The van der Waals surface area contributed by atoms with Crippen LogP contribution in [0.5, 0.6) is 0 Å². The molecule has 1 aliphatic rings. The van der Waals surface area contributed by atoms with Gasteiger partial charge in [-0.3, -0.25) is 9.48 Å². The zero-order valence-electron chi connectivity index (χ0n) is 16.6. The summed E-state index contributed by atoms with van der Waals surface area (Å²) in [5.41, 5.74) is 0.299. The Morgan fingerprint density at radius 3 is 2.27 bits per heavy atom. The molecule has 1 heterocycles. The van der Waals surface area contributed by atoms with Crippen molar-refractivity contribution in [3.63, 3.8) is 0 Å². The molecule has 1 aromatic heterocycles. The summed E-state index contributed by atoms with van der Waals surface area (Å²) in [7, 11) is -3.69. The van der Waals surface area contributed by atoms with E-state index in [0.29, 0.717) is 11.4 Å². The number of sulfonamides is 1. The molecule has 1 aromatic rings. The normalized spacial score (nSPS) is 17.1. The minimum Gasteiger partial charge on any atom is -0.352 e. The maximum absolute atomic E-state index is 12.7. The molecule has 8 heteroatoms. The van der Waals surface area contributed by atoms with E-state index in [2.05, 4.69) is 15.1 Å². The zero-order chi connectivity index (χ0) is 19.5. The van der Waals surface area contributed by atoms with Crippen LogP contribution in [0.3, 0.4) is 0 Å². The first-order chi connectivity index (χ1) is 12.0. The lowest BCUT2D eigenvalue weighted by Gasteiger charge is -2.20. The van der Waals surface area contributed by atoms with Gasteiger partial charge >= 0.3 is 0 Å². The Balaban J connectivity index is 2.13. The van der Waals surface area contributed by atoms with Crippen molar-refractivity contribution in [3.8, 4) is 0 Å². The fourth-order valence-corrected chi connectivity index (χ4v) is 5.34. The van der Waals surface area contributed by atoms with E-state index in [1.54, 1.807) is 34.6 Å². The van der Waals surface area contributed by atoms with E-state index in [-0.39, 0.29) is 23.4 Å². The zero-order valence-corrected chi connectivity index (χ0v) is 17.4. The highest BCUT2D eigenvalue weighted by molar-refractivity contribution is 7.89. The number of rotatable bonds is 5. The lowest BCUT2D eigenvalue weighted by Crippen LogP contribution is -2.41. The Labute approximate surface area is 157 Å². The van der Waals surface area contributed by atoms with E-state index in [4.69, 9.17) is 0 Å². The molecule has 2 N–H and O–H groups in total. The molecule has 0 spiro atoms. The van der Waals surface area contributed by atoms with Gasteiger partial charge in [-0.15, -0.1) is 0 Å². The molecule has 26 heavy (non-hydrogen) atoms. The lowest BCUT2D eigenvalue weighted by molar-refractivity contribution is -0.122. The predicted octanol–water partition coefficient (Wildman–Crippen LogP) is 2.42. The van der Waals surface area contributed by atoms with Crippen LogP contribution in [-0.4, -0.2) is 35.7 Å². The molecule has 2 rings (SSSR count). The van der Waals surface area contributed by atoms with Crippen LogP contribution >= 0.6 is 0 Å². The van der Waals surface area contributed by atoms with E-state index in [0.717, 1.165) is 25.7 Å². The summed E-state index contributed by atoms with van der Waals surface area (Å²) < 4.78 is 29.5. The number of hydrogen-bond acceptors (Lipinski definition) is 4. The number of nitrogens with zero attached hydrogens (tertiary/aromatic N) is 2. The highest BCUT2D eigenvalue weighted by Gasteiger charge is 2.29. The summed E-state index contributed by atoms with van der Waals surface area (Å²) in [6.45, 7) is 8.76. The molecule has 0 unspecified atom stereocenters. The van der Waals surface area contributed by atoms with Crippen LogP contribution in [0.2, 0.25) is 0 Å². The van der Waals surface area contributed by atoms with Crippen LogP contribution in [0.1, 0.15) is 70.7 Å². The third kappa shape index (κ3) is 5.54. The number of aryl methyl sites for hydroxylation is 1. The molecule has 1 saturated carbocycles. The quantitative estimate of drug-likeness (QED) is 0.763. The van der Waals surface area contributed by atoms with Gasteiger partial charge in [0.05, 0.1) is 11.4 Å². The van der Waals surface area contributed by atoms with Crippen molar-refractivity contribution in [1.82, 2.24) is 19.8 Å². The monoisotopic (exact) mass is 384 g/mol. The maximum Gasteiger partial charge on any atom is 0.244 e.